The zero-order valence-electron chi connectivity index (χ0n) is 15.6. The molecule has 0 fully saturated rings. The number of carboxylic acid groups (broad SMARTS) is 2. The van der Waals surface area contributed by atoms with Crippen LogP contribution in [0, 0.1) is 11.3 Å². The van der Waals surface area contributed by atoms with Gasteiger partial charge in [-0.2, -0.15) is 0 Å². The summed E-state index contributed by atoms with van der Waals surface area (Å²) in [6.45, 7) is 8.39. The molecule has 1 unspecified atom stereocenters. The van der Waals surface area contributed by atoms with E-state index in [2.05, 4.69) is 0 Å². The van der Waals surface area contributed by atoms with Gasteiger partial charge in [0.1, 0.15) is 22.9 Å². The van der Waals surface area contributed by atoms with E-state index in [4.69, 9.17) is 5.11 Å². The van der Waals surface area contributed by atoms with Crippen LogP contribution < -0.4 is 0 Å². The largest absolute Gasteiger partial charge is 0.481 e. The molecule has 0 spiro atoms. The molecule has 0 saturated carbocycles. The number of rotatable bonds is 11. The summed E-state index contributed by atoms with van der Waals surface area (Å²) in [6, 6.07) is 0. The number of hydrogen-bond donors (Lipinski definition) is 2. The van der Waals surface area contributed by atoms with Gasteiger partial charge in [0.25, 0.3) is 0 Å². The molecule has 0 aliphatic heterocycles. The van der Waals surface area contributed by atoms with Crippen LogP contribution in [0.5, 0.6) is 0 Å². The van der Waals surface area contributed by atoms with Crippen molar-refractivity contribution >= 4 is 40.9 Å². The average molecular weight is 374 g/mol. The second-order valence-electron chi connectivity index (χ2n) is 6.06. The van der Waals surface area contributed by atoms with Crippen LogP contribution in [-0.4, -0.2) is 51.1 Å². The van der Waals surface area contributed by atoms with Crippen molar-refractivity contribution in [2.75, 3.05) is 0 Å². The molecule has 6 nitrogen and oxygen atoms in total. The van der Waals surface area contributed by atoms with Crippen molar-refractivity contribution in [2.45, 2.75) is 79.6 Å². The number of carbonyl (C=O) groups excluding carboxylic acids is 2. The van der Waals surface area contributed by atoms with E-state index in [0.717, 1.165) is 25.7 Å². The van der Waals surface area contributed by atoms with Crippen LogP contribution in [0.15, 0.2) is 0 Å². The van der Waals surface area contributed by atoms with E-state index in [-0.39, 0.29) is 28.9 Å². The number of aliphatic carboxylic acids is 2. The summed E-state index contributed by atoms with van der Waals surface area (Å²) in [6.07, 6.45) is 4.79. The van der Waals surface area contributed by atoms with Crippen molar-refractivity contribution < 1.29 is 29.4 Å². The molecule has 146 valence electrons. The number of carbonyl (C=O) groups is 4. The van der Waals surface area contributed by atoms with E-state index >= 15 is 0 Å². The maximum atomic E-state index is 11.5. The molecule has 0 rings (SSSR count). The monoisotopic (exact) mass is 374 g/mol. The van der Waals surface area contributed by atoms with Gasteiger partial charge in [0.05, 0.1) is 0 Å². The average Bonchev–Trinajstić information content (AvgIpc) is 2.47. The molecule has 7 heteroatoms. The minimum Gasteiger partial charge on any atom is -0.481 e. The van der Waals surface area contributed by atoms with Crippen molar-refractivity contribution in [3.8, 4) is 0 Å². The summed E-state index contributed by atoms with van der Waals surface area (Å²) in [7, 11) is 0. The fraction of sp³-hybridized carbons (Fsp3) is 0.778. The lowest BCUT2D eigenvalue weighted by Crippen LogP contribution is -2.38. The SMILES string of the molecule is CCC(C(C)=O)C(=O)O.CCCCC(CCCC)(C(C)=O)C(=O)O.[AlH3]. The molecule has 2 N–H and O–H groups in total. The summed E-state index contributed by atoms with van der Waals surface area (Å²) in [5, 5.41) is 17.5. The lowest BCUT2D eigenvalue weighted by atomic mass is 9.75. The first kappa shape index (κ1) is 28.6. The highest BCUT2D eigenvalue weighted by molar-refractivity contribution is 6.01. The van der Waals surface area contributed by atoms with E-state index in [0.29, 0.717) is 19.3 Å². The fourth-order valence-electron chi connectivity index (χ4n) is 2.43. The fourth-order valence-corrected chi connectivity index (χ4v) is 2.43. The minimum atomic E-state index is -1.12. The van der Waals surface area contributed by atoms with Crippen molar-refractivity contribution in [3.05, 3.63) is 0 Å². The number of hydrogen-bond acceptors (Lipinski definition) is 4. The first-order valence-electron chi connectivity index (χ1n) is 8.58. The van der Waals surface area contributed by atoms with Gasteiger partial charge in [0, 0.05) is 0 Å². The molecule has 0 aromatic carbocycles. The predicted molar refractivity (Wildman–Crippen MR) is 102 cm³/mol. The van der Waals surface area contributed by atoms with Crippen LogP contribution in [0.4, 0.5) is 0 Å². The Kier molecular flexibility index (Phi) is 17.3. The summed E-state index contributed by atoms with van der Waals surface area (Å²) in [5.74, 6) is -3.24. The third-order valence-electron chi connectivity index (χ3n) is 4.19. The zero-order chi connectivity index (χ0) is 19.3. The highest BCUT2D eigenvalue weighted by atomic mass is 27.0. The van der Waals surface area contributed by atoms with Gasteiger partial charge in [-0.3, -0.25) is 19.2 Å². The van der Waals surface area contributed by atoms with Gasteiger partial charge in [-0.15, -0.1) is 0 Å². The van der Waals surface area contributed by atoms with E-state index in [1.165, 1.54) is 13.8 Å². The quantitative estimate of drug-likeness (QED) is 0.425. The van der Waals surface area contributed by atoms with E-state index < -0.39 is 23.3 Å². The van der Waals surface area contributed by atoms with Crippen molar-refractivity contribution in [1.29, 1.82) is 0 Å². The molecule has 1 atom stereocenters. The molecule has 0 radical (unpaired) electrons. The highest BCUT2D eigenvalue weighted by Gasteiger charge is 2.41. The van der Waals surface area contributed by atoms with Gasteiger partial charge >= 0.3 is 11.9 Å². The third-order valence-corrected chi connectivity index (χ3v) is 4.19. The molecule has 0 aliphatic carbocycles. The maximum Gasteiger partial charge on any atom is 0.317 e. The van der Waals surface area contributed by atoms with Crippen LogP contribution in [0.2, 0.25) is 0 Å². The van der Waals surface area contributed by atoms with Gasteiger partial charge in [-0.1, -0.05) is 46.5 Å². The van der Waals surface area contributed by atoms with Crippen LogP contribution in [-0.2, 0) is 19.2 Å². The van der Waals surface area contributed by atoms with Crippen LogP contribution >= 0.6 is 0 Å². The summed E-state index contributed by atoms with van der Waals surface area (Å²) in [5.41, 5.74) is -1.12. The second-order valence-corrected chi connectivity index (χ2v) is 6.06. The number of unbranched alkanes of at least 4 members (excludes halogenated alkanes) is 2. The Morgan fingerprint density at radius 2 is 1.28 bits per heavy atom. The second kappa shape index (κ2) is 15.1. The van der Waals surface area contributed by atoms with E-state index in [9.17, 15) is 24.3 Å². The minimum absolute atomic E-state index is 0. The normalized spacial score (nSPS) is 11.4. The lowest BCUT2D eigenvalue weighted by molar-refractivity contribution is -0.155. The maximum absolute atomic E-state index is 11.5. The number of ketones is 2. The van der Waals surface area contributed by atoms with Crippen LogP contribution in [0.25, 0.3) is 0 Å². The molecule has 0 saturated heterocycles. The summed E-state index contributed by atoms with van der Waals surface area (Å²) < 4.78 is 0. The smallest absolute Gasteiger partial charge is 0.317 e. The Bertz CT molecular complexity index is 395. The predicted octanol–water partition coefficient (Wildman–Crippen LogP) is 2.53. The van der Waals surface area contributed by atoms with E-state index in [1.54, 1.807) is 6.92 Å². The molecular formula is C18H35AlO6. The first-order valence-corrected chi connectivity index (χ1v) is 8.58. The number of carboxylic acids is 2. The Balaban J connectivity index is -0.000000418. The molecule has 0 amide bonds. The standard InChI is InChI=1S/C12H22O3.C6H10O3.Al.3H/c1-4-6-8-12(10(3)13,11(14)15)9-7-5-2;1-3-5(4(2)7)6(8)9;;;;/h4-9H2,1-3H3,(H,14,15);5H,3H2,1-2H3,(H,8,9);;;;. The van der Waals surface area contributed by atoms with Gasteiger partial charge < -0.3 is 10.2 Å². The lowest BCUT2D eigenvalue weighted by Gasteiger charge is -2.26. The molecule has 0 aromatic rings. The van der Waals surface area contributed by atoms with Crippen molar-refractivity contribution in [1.82, 2.24) is 0 Å². The van der Waals surface area contributed by atoms with E-state index in [1.807, 2.05) is 13.8 Å². The Hall–Kier alpha value is -1.19. The molecule has 0 aromatic heterocycles. The molecule has 25 heavy (non-hydrogen) atoms. The van der Waals surface area contributed by atoms with Crippen molar-refractivity contribution in [3.63, 3.8) is 0 Å². The Morgan fingerprint density at radius 3 is 1.40 bits per heavy atom. The third kappa shape index (κ3) is 10.4. The Labute approximate surface area is 161 Å². The molecule has 0 bridgehead atoms. The van der Waals surface area contributed by atoms with Crippen LogP contribution in [0.3, 0.4) is 0 Å². The molecular weight excluding hydrogens is 339 g/mol. The zero-order valence-corrected chi connectivity index (χ0v) is 15.6. The summed E-state index contributed by atoms with van der Waals surface area (Å²) in [4.78, 5) is 43.4. The van der Waals surface area contributed by atoms with Gasteiger partial charge in [0.2, 0.25) is 0 Å². The molecule has 0 aliphatic rings. The highest BCUT2D eigenvalue weighted by Crippen LogP contribution is 2.32. The summed E-state index contributed by atoms with van der Waals surface area (Å²) >= 11 is 0. The molecule has 0 heterocycles. The van der Waals surface area contributed by atoms with Gasteiger partial charge in [0.15, 0.2) is 17.4 Å². The topological polar surface area (TPSA) is 109 Å². The first-order chi connectivity index (χ1) is 11.1. The Morgan fingerprint density at radius 1 is 0.880 bits per heavy atom. The van der Waals surface area contributed by atoms with Gasteiger partial charge in [-0.25, -0.2) is 0 Å². The van der Waals surface area contributed by atoms with Gasteiger partial charge in [-0.05, 0) is 33.1 Å². The number of Topliss-reactive ketones (excluding diaryl/α,β-unsaturated/α-hetero) is 2. The van der Waals surface area contributed by atoms with Crippen molar-refractivity contribution in [2.24, 2.45) is 11.3 Å². The van der Waals surface area contributed by atoms with Crippen LogP contribution in [0.1, 0.15) is 79.6 Å².